The number of terminal acetylenes is 1. The lowest BCUT2D eigenvalue weighted by molar-refractivity contribution is 1.11. The summed E-state index contributed by atoms with van der Waals surface area (Å²) in [6, 6.07) is 5.23. The molecule has 15 heavy (non-hydrogen) atoms. The molecule has 0 aliphatic rings. The molecule has 0 fully saturated rings. The van der Waals surface area contributed by atoms with E-state index in [1.54, 1.807) is 0 Å². The zero-order valence-electron chi connectivity index (χ0n) is 7.69. The Morgan fingerprint density at radius 2 is 2.07 bits per heavy atom. The summed E-state index contributed by atoms with van der Waals surface area (Å²) in [5, 5.41) is 18.0. The largest absolute Gasteiger partial charge is 0.383 e. The van der Waals surface area contributed by atoms with E-state index >= 15 is 0 Å². The van der Waals surface area contributed by atoms with Crippen molar-refractivity contribution in [1.29, 1.82) is 10.5 Å². The highest BCUT2D eigenvalue weighted by Gasteiger charge is 2.09. The average molecular weight is 214 g/mol. The second kappa shape index (κ2) is 4.91. The SMILES string of the molecule is C#CCSc1nc(N)c(C#N)cc1C#N. The summed E-state index contributed by atoms with van der Waals surface area (Å²) in [5.41, 5.74) is 6.04. The highest BCUT2D eigenvalue weighted by atomic mass is 32.2. The Kier molecular flexibility index (Phi) is 3.57. The van der Waals surface area contributed by atoms with Crippen LogP contribution in [0.2, 0.25) is 0 Å². The van der Waals surface area contributed by atoms with Gasteiger partial charge in [0.05, 0.1) is 16.9 Å². The number of nitrogen functional groups attached to an aromatic ring is 1. The van der Waals surface area contributed by atoms with Gasteiger partial charge in [-0.1, -0.05) is 17.7 Å². The first kappa shape index (κ1) is 10.9. The normalized spacial score (nSPS) is 8.60. The molecule has 1 aromatic heterocycles. The Balaban J connectivity index is 3.20. The molecule has 1 aromatic rings. The van der Waals surface area contributed by atoms with E-state index in [1.165, 1.54) is 17.8 Å². The Morgan fingerprint density at radius 3 is 2.60 bits per heavy atom. The number of nitriles is 2. The van der Waals surface area contributed by atoms with Gasteiger partial charge in [-0.3, -0.25) is 0 Å². The molecular formula is C10H6N4S. The van der Waals surface area contributed by atoms with Crippen LogP contribution in [-0.2, 0) is 0 Å². The zero-order valence-corrected chi connectivity index (χ0v) is 8.51. The quantitative estimate of drug-likeness (QED) is 0.589. The molecule has 5 heteroatoms. The van der Waals surface area contributed by atoms with Crippen molar-refractivity contribution in [2.24, 2.45) is 0 Å². The molecule has 0 unspecified atom stereocenters. The maximum absolute atomic E-state index is 8.82. The van der Waals surface area contributed by atoms with Crippen LogP contribution in [0, 0.1) is 35.0 Å². The number of hydrogen-bond acceptors (Lipinski definition) is 5. The molecule has 0 atom stereocenters. The number of anilines is 1. The number of nitrogens with two attached hydrogens (primary N) is 1. The van der Waals surface area contributed by atoms with Gasteiger partial charge in [0.2, 0.25) is 0 Å². The summed E-state index contributed by atoms with van der Waals surface area (Å²) in [6.07, 6.45) is 5.10. The highest BCUT2D eigenvalue weighted by Crippen LogP contribution is 2.23. The summed E-state index contributed by atoms with van der Waals surface area (Å²) in [7, 11) is 0. The standard InChI is InChI=1S/C10H6N4S/c1-2-3-15-10-8(6-12)4-7(5-11)9(13)14-10/h1,4H,3H2,(H2,13,14). The number of rotatable bonds is 2. The van der Waals surface area contributed by atoms with Gasteiger partial charge >= 0.3 is 0 Å². The summed E-state index contributed by atoms with van der Waals surface area (Å²) < 4.78 is 0. The van der Waals surface area contributed by atoms with Crippen LogP contribution in [0.5, 0.6) is 0 Å². The molecule has 72 valence electrons. The topological polar surface area (TPSA) is 86.5 Å². The lowest BCUT2D eigenvalue weighted by Gasteiger charge is -2.02. The molecule has 0 bridgehead atoms. The van der Waals surface area contributed by atoms with E-state index in [-0.39, 0.29) is 11.4 Å². The lowest BCUT2D eigenvalue weighted by Crippen LogP contribution is -1.98. The second-order valence-electron chi connectivity index (χ2n) is 2.49. The van der Waals surface area contributed by atoms with Crippen molar-refractivity contribution < 1.29 is 0 Å². The molecule has 0 aliphatic heterocycles. The van der Waals surface area contributed by atoms with Crippen LogP contribution in [0.15, 0.2) is 11.1 Å². The van der Waals surface area contributed by atoms with E-state index < -0.39 is 0 Å². The molecule has 0 aliphatic carbocycles. The van der Waals surface area contributed by atoms with Crippen molar-refractivity contribution >= 4 is 17.6 Å². The minimum absolute atomic E-state index is 0.121. The van der Waals surface area contributed by atoms with Crippen LogP contribution in [0.3, 0.4) is 0 Å². The van der Waals surface area contributed by atoms with Gasteiger partial charge in [0.15, 0.2) is 0 Å². The molecule has 1 heterocycles. The third kappa shape index (κ3) is 2.40. The van der Waals surface area contributed by atoms with Crippen LogP contribution in [-0.4, -0.2) is 10.7 Å². The Morgan fingerprint density at radius 1 is 1.40 bits per heavy atom. The van der Waals surface area contributed by atoms with Crippen molar-refractivity contribution in [3.05, 3.63) is 17.2 Å². The van der Waals surface area contributed by atoms with Gasteiger partial charge in [-0.05, 0) is 6.07 Å². The van der Waals surface area contributed by atoms with Gasteiger partial charge in [0, 0.05) is 0 Å². The molecular weight excluding hydrogens is 208 g/mol. The number of hydrogen-bond donors (Lipinski definition) is 1. The maximum Gasteiger partial charge on any atom is 0.142 e. The third-order valence-corrected chi connectivity index (χ3v) is 2.45. The monoisotopic (exact) mass is 214 g/mol. The van der Waals surface area contributed by atoms with Crippen LogP contribution in [0.25, 0.3) is 0 Å². The highest BCUT2D eigenvalue weighted by molar-refractivity contribution is 7.99. The van der Waals surface area contributed by atoms with Gasteiger partial charge in [-0.25, -0.2) is 4.98 Å². The molecule has 2 N–H and O–H groups in total. The minimum Gasteiger partial charge on any atom is -0.383 e. The van der Waals surface area contributed by atoms with Gasteiger partial charge in [0.25, 0.3) is 0 Å². The molecule has 1 rings (SSSR count). The summed E-state index contributed by atoms with van der Waals surface area (Å²) >= 11 is 1.25. The van der Waals surface area contributed by atoms with Crippen molar-refractivity contribution in [3.63, 3.8) is 0 Å². The predicted octanol–water partition coefficient (Wildman–Crippen LogP) is 1.13. The van der Waals surface area contributed by atoms with Crippen molar-refractivity contribution in [2.45, 2.75) is 5.03 Å². The summed E-state index contributed by atoms with van der Waals surface area (Å²) in [6.45, 7) is 0. The molecule has 0 radical (unpaired) electrons. The first-order chi connectivity index (χ1) is 7.22. The Bertz CT molecular complexity index is 502. The fraction of sp³-hybridized carbons (Fsp3) is 0.100. The predicted molar refractivity (Wildman–Crippen MR) is 57.6 cm³/mol. The van der Waals surface area contributed by atoms with Gasteiger partial charge in [-0.2, -0.15) is 10.5 Å². The smallest absolute Gasteiger partial charge is 0.142 e. The molecule has 0 aromatic carbocycles. The number of aromatic nitrogens is 1. The molecule has 4 nitrogen and oxygen atoms in total. The number of thioether (sulfide) groups is 1. The lowest BCUT2D eigenvalue weighted by atomic mass is 10.2. The van der Waals surface area contributed by atoms with Crippen LogP contribution in [0.4, 0.5) is 5.82 Å². The average Bonchev–Trinajstić information content (AvgIpc) is 2.26. The van der Waals surface area contributed by atoms with Crippen molar-refractivity contribution in [1.82, 2.24) is 4.98 Å². The fourth-order valence-electron chi connectivity index (χ4n) is 0.900. The molecule has 0 spiro atoms. The minimum atomic E-state index is 0.121. The summed E-state index contributed by atoms with van der Waals surface area (Å²) in [4.78, 5) is 3.95. The van der Waals surface area contributed by atoms with Crippen molar-refractivity contribution in [2.75, 3.05) is 11.5 Å². The van der Waals surface area contributed by atoms with Gasteiger partial charge < -0.3 is 5.73 Å². The second-order valence-corrected chi connectivity index (χ2v) is 3.45. The zero-order chi connectivity index (χ0) is 11.3. The first-order valence-corrected chi connectivity index (χ1v) is 4.88. The third-order valence-electron chi connectivity index (χ3n) is 1.55. The van der Waals surface area contributed by atoms with Crippen LogP contribution >= 0.6 is 11.8 Å². The van der Waals surface area contributed by atoms with E-state index in [9.17, 15) is 0 Å². The number of pyridine rings is 1. The first-order valence-electron chi connectivity index (χ1n) is 3.90. The number of nitrogens with zero attached hydrogens (tertiary/aromatic N) is 3. The van der Waals surface area contributed by atoms with Gasteiger partial charge in [0.1, 0.15) is 23.0 Å². The summed E-state index contributed by atoms with van der Waals surface area (Å²) in [5.74, 6) is 2.95. The van der Waals surface area contributed by atoms with E-state index in [0.717, 1.165) is 0 Å². The Hall–Kier alpha value is -2.16. The van der Waals surface area contributed by atoms with Gasteiger partial charge in [-0.15, -0.1) is 6.42 Å². The van der Waals surface area contributed by atoms with E-state index in [2.05, 4.69) is 10.9 Å². The molecule has 0 saturated carbocycles. The molecule has 0 amide bonds. The van der Waals surface area contributed by atoms with Crippen LogP contribution in [0.1, 0.15) is 11.1 Å². The van der Waals surface area contributed by atoms with E-state index in [4.69, 9.17) is 22.7 Å². The van der Waals surface area contributed by atoms with E-state index in [0.29, 0.717) is 16.3 Å². The fourth-order valence-corrected chi connectivity index (χ4v) is 1.54. The Labute approximate surface area is 91.7 Å². The van der Waals surface area contributed by atoms with E-state index in [1.807, 2.05) is 12.1 Å². The van der Waals surface area contributed by atoms with Crippen LogP contribution < -0.4 is 5.73 Å². The molecule has 0 saturated heterocycles. The maximum atomic E-state index is 8.82. The van der Waals surface area contributed by atoms with Crippen molar-refractivity contribution in [3.8, 4) is 24.5 Å².